The van der Waals surface area contributed by atoms with Crippen LogP contribution in [-0.2, 0) is 19.1 Å². The Bertz CT molecular complexity index is 1100. The predicted octanol–water partition coefficient (Wildman–Crippen LogP) is 6.58. The smallest absolute Gasteiger partial charge is 0.163 e. The van der Waals surface area contributed by atoms with Gasteiger partial charge in [-0.1, -0.05) is 53.7 Å². The third-order valence-corrected chi connectivity index (χ3v) is 12.0. The molecule has 1 N–H and O–H groups in total. The Morgan fingerprint density at radius 3 is 2.34 bits per heavy atom. The van der Waals surface area contributed by atoms with Crippen molar-refractivity contribution in [3.8, 4) is 0 Å². The Morgan fingerprint density at radius 2 is 1.71 bits per heavy atom. The van der Waals surface area contributed by atoms with Crippen LogP contribution in [0.4, 0.5) is 0 Å². The van der Waals surface area contributed by atoms with Crippen LogP contribution >= 0.6 is 0 Å². The number of hydrogen-bond donors (Lipinski definition) is 1. The molecule has 0 amide bonds. The van der Waals surface area contributed by atoms with Crippen LogP contribution in [0.25, 0.3) is 0 Å². The first-order valence-corrected chi connectivity index (χ1v) is 14.9. The van der Waals surface area contributed by atoms with Crippen LogP contribution in [0.15, 0.2) is 23.3 Å². The van der Waals surface area contributed by atoms with E-state index in [1.54, 1.807) is 13.8 Å². The quantitative estimate of drug-likeness (QED) is 0.448. The van der Waals surface area contributed by atoms with E-state index in [2.05, 4.69) is 53.7 Å². The van der Waals surface area contributed by atoms with E-state index < -0.39 is 17.5 Å². The molecule has 38 heavy (non-hydrogen) atoms. The second-order valence-corrected chi connectivity index (χ2v) is 15.6. The van der Waals surface area contributed by atoms with Crippen molar-refractivity contribution in [2.45, 2.75) is 131 Å². The van der Waals surface area contributed by atoms with Gasteiger partial charge in [0.2, 0.25) is 0 Å². The van der Waals surface area contributed by atoms with Gasteiger partial charge in [0, 0.05) is 29.2 Å². The molecular weight excluding hydrogens is 476 g/mol. The molecule has 0 spiro atoms. The van der Waals surface area contributed by atoms with Gasteiger partial charge in [-0.3, -0.25) is 9.59 Å². The highest BCUT2D eigenvalue weighted by atomic mass is 16.8. The fraction of sp³-hybridized carbons (Fsp3) is 0.818. The zero-order valence-electron chi connectivity index (χ0n) is 25.4. The minimum absolute atomic E-state index is 0.00497. The van der Waals surface area contributed by atoms with Gasteiger partial charge in [-0.2, -0.15) is 0 Å². The van der Waals surface area contributed by atoms with Gasteiger partial charge >= 0.3 is 0 Å². The number of hydrogen-bond acceptors (Lipinski definition) is 5. The number of rotatable bonds is 4. The zero-order chi connectivity index (χ0) is 28.3. The maximum absolute atomic E-state index is 13.8. The van der Waals surface area contributed by atoms with Gasteiger partial charge in [0.15, 0.2) is 11.6 Å². The highest BCUT2D eigenvalue weighted by molar-refractivity contribution is 6.01. The molecule has 1 saturated heterocycles. The normalized spacial score (nSPS) is 44.6. The average molecular weight is 527 g/mol. The molecule has 0 aromatic carbocycles. The molecule has 4 aliphatic carbocycles. The topological polar surface area (TPSA) is 72.8 Å². The monoisotopic (exact) mass is 526 g/mol. The lowest BCUT2D eigenvalue weighted by atomic mass is 9.37. The molecule has 8 atom stereocenters. The highest BCUT2D eigenvalue weighted by Crippen LogP contribution is 2.72. The Hall–Kier alpha value is -1.30. The number of fused-ring (bicyclic) bond motifs is 5. The lowest BCUT2D eigenvalue weighted by molar-refractivity contribution is -0.165. The van der Waals surface area contributed by atoms with Crippen LogP contribution in [0.5, 0.6) is 0 Å². The van der Waals surface area contributed by atoms with E-state index >= 15 is 0 Å². The largest absolute Gasteiger partial charge is 0.388 e. The predicted molar refractivity (Wildman–Crippen MR) is 148 cm³/mol. The molecule has 0 bridgehead atoms. The summed E-state index contributed by atoms with van der Waals surface area (Å²) in [5, 5.41) is 10.8. The summed E-state index contributed by atoms with van der Waals surface area (Å²) in [6.07, 6.45) is 8.78. The molecule has 0 aromatic rings. The molecule has 0 unspecified atom stereocenters. The molecule has 1 aliphatic heterocycles. The van der Waals surface area contributed by atoms with Crippen molar-refractivity contribution in [3.05, 3.63) is 23.3 Å². The van der Waals surface area contributed by atoms with E-state index in [1.165, 1.54) is 5.57 Å². The number of allylic oxidation sites excluding steroid dienone is 4. The maximum Gasteiger partial charge on any atom is 0.163 e. The summed E-state index contributed by atoms with van der Waals surface area (Å²) in [6, 6.07) is 0. The third-order valence-electron chi connectivity index (χ3n) is 12.0. The fourth-order valence-corrected chi connectivity index (χ4v) is 9.89. The SMILES string of the molecule is C[C@H](C[C@@H]1OC(C)(C)O[C@H]1C(C)(C)O)C1=C2C=C[C@H]3[C@@]4(C)CCC(=O)C(C)(C)[C@@H]4CC[C@]3(C)[C@@]2(C)CC1=O. The summed E-state index contributed by atoms with van der Waals surface area (Å²) in [4.78, 5) is 26.8. The standard InChI is InChI=1S/C33H50O5/c1-19(17-22-27(29(4,5)36)38-30(6,7)37-22)26-20-11-12-24-31(8)15-14-25(35)28(2,3)23(31)13-16-32(24,9)33(20,10)18-21(26)34/h11-12,19,22-24,27,36H,13-18H2,1-10H3/t19-,22+,23+,24+,27-,31+,32+,33+/m1/s1. The van der Waals surface area contributed by atoms with Crippen molar-refractivity contribution in [2.75, 3.05) is 0 Å². The van der Waals surface area contributed by atoms with Crippen LogP contribution in [0.3, 0.4) is 0 Å². The molecule has 5 nitrogen and oxygen atoms in total. The molecule has 0 aromatic heterocycles. The van der Waals surface area contributed by atoms with Crippen molar-refractivity contribution in [3.63, 3.8) is 0 Å². The molecule has 5 heteroatoms. The molecule has 0 radical (unpaired) electrons. The van der Waals surface area contributed by atoms with Gasteiger partial charge in [-0.25, -0.2) is 0 Å². The van der Waals surface area contributed by atoms with Gasteiger partial charge in [-0.05, 0) is 87.5 Å². The molecular formula is C33H50O5. The van der Waals surface area contributed by atoms with Crippen molar-refractivity contribution in [1.82, 2.24) is 0 Å². The number of ether oxygens (including phenoxy) is 2. The summed E-state index contributed by atoms with van der Waals surface area (Å²) in [6.45, 7) is 20.9. The van der Waals surface area contributed by atoms with Gasteiger partial charge in [-0.15, -0.1) is 0 Å². The van der Waals surface area contributed by atoms with Gasteiger partial charge in [0.25, 0.3) is 0 Å². The van der Waals surface area contributed by atoms with Crippen LogP contribution in [0.2, 0.25) is 0 Å². The number of Topliss-reactive ketones (excluding diaryl/α,β-unsaturated/α-hetero) is 2. The first kappa shape index (κ1) is 28.2. The molecule has 5 rings (SSSR count). The Morgan fingerprint density at radius 1 is 1.05 bits per heavy atom. The van der Waals surface area contributed by atoms with Crippen LogP contribution in [0.1, 0.15) is 108 Å². The molecule has 1 heterocycles. The number of carbonyl (C=O) groups excluding carboxylic acids is 2. The van der Waals surface area contributed by atoms with Crippen LogP contribution in [-0.4, -0.2) is 40.3 Å². The Balaban J connectivity index is 1.51. The summed E-state index contributed by atoms with van der Waals surface area (Å²) >= 11 is 0. The van der Waals surface area contributed by atoms with E-state index in [1.807, 2.05) is 13.8 Å². The zero-order valence-corrected chi connectivity index (χ0v) is 25.4. The number of ketones is 2. The summed E-state index contributed by atoms with van der Waals surface area (Å²) in [7, 11) is 0. The highest BCUT2D eigenvalue weighted by Gasteiger charge is 2.67. The van der Waals surface area contributed by atoms with Crippen molar-refractivity contribution >= 4 is 11.6 Å². The Kier molecular flexibility index (Phi) is 6.21. The summed E-state index contributed by atoms with van der Waals surface area (Å²) in [5.41, 5.74) is 0.595. The van der Waals surface area contributed by atoms with Crippen LogP contribution in [0, 0.1) is 39.4 Å². The number of carbonyl (C=O) groups is 2. The van der Waals surface area contributed by atoms with E-state index in [4.69, 9.17) is 9.47 Å². The van der Waals surface area contributed by atoms with Crippen LogP contribution < -0.4 is 0 Å². The van der Waals surface area contributed by atoms with E-state index in [0.29, 0.717) is 36.9 Å². The molecule has 5 aliphatic rings. The van der Waals surface area contributed by atoms with Crippen molar-refractivity contribution in [2.24, 2.45) is 39.4 Å². The minimum Gasteiger partial charge on any atom is -0.388 e. The van der Waals surface area contributed by atoms with Gasteiger partial charge in [0.05, 0.1) is 11.7 Å². The van der Waals surface area contributed by atoms with E-state index in [-0.39, 0.29) is 39.5 Å². The maximum atomic E-state index is 13.8. The van der Waals surface area contributed by atoms with Crippen molar-refractivity contribution in [1.29, 1.82) is 0 Å². The number of aliphatic hydroxyl groups is 1. The lowest BCUT2D eigenvalue weighted by Crippen LogP contribution is -2.61. The van der Waals surface area contributed by atoms with Gasteiger partial charge < -0.3 is 14.6 Å². The second kappa shape index (κ2) is 8.36. The summed E-state index contributed by atoms with van der Waals surface area (Å²) in [5.74, 6) is 0.596. The first-order valence-electron chi connectivity index (χ1n) is 14.9. The fourth-order valence-electron chi connectivity index (χ4n) is 9.89. The van der Waals surface area contributed by atoms with E-state index in [9.17, 15) is 14.7 Å². The third kappa shape index (κ3) is 3.81. The molecule has 2 saturated carbocycles. The van der Waals surface area contributed by atoms with E-state index in [0.717, 1.165) is 24.8 Å². The first-order chi connectivity index (χ1) is 17.3. The minimum atomic E-state index is -1.04. The summed E-state index contributed by atoms with van der Waals surface area (Å²) < 4.78 is 12.4. The second-order valence-electron chi connectivity index (χ2n) is 15.6. The average Bonchev–Trinajstić information content (AvgIpc) is 3.23. The lowest BCUT2D eigenvalue weighted by Gasteiger charge is -2.66. The molecule has 212 valence electrons. The molecule has 3 fully saturated rings. The van der Waals surface area contributed by atoms with Crippen molar-refractivity contribution < 1.29 is 24.2 Å². The Labute approximate surface area is 229 Å². The van der Waals surface area contributed by atoms with Gasteiger partial charge in [0.1, 0.15) is 11.9 Å².